The lowest BCUT2D eigenvalue weighted by Crippen LogP contribution is -2.51. The monoisotopic (exact) mass is 273 g/mol. The number of nitrogens with one attached hydrogen (secondary N) is 2. The molecule has 0 aliphatic carbocycles. The van der Waals surface area contributed by atoms with Crippen LogP contribution in [0.4, 0.5) is 4.79 Å². The largest absolute Gasteiger partial charge is 0.396 e. The van der Waals surface area contributed by atoms with E-state index >= 15 is 0 Å². The number of carbonyl (C=O) groups is 2. The Morgan fingerprint density at radius 1 is 1.26 bits per heavy atom. The molecule has 0 spiro atoms. The zero-order valence-corrected chi connectivity index (χ0v) is 12.6. The topological polar surface area (TPSA) is 81.7 Å². The third-order valence-electron chi connectivity index (χ3n) is 2.42. The lowest BCUT2D eigenvalue weighted by molar-refractivity contribution is -0.121. The van der Waals surface area contributed by atoms with Gasteiger partial charge in [0, 0.05) is 24.7 Å². The van der Waals surface area contributed by atoms with Gasteiger partial charge in [0.1, 0.15) is 0 Å². The number of amides is 3. The Morgan fingerprint density at radius 2 is 1.84 bits per heavy atom. The number of hydrogen-bond acceptors (Lipinski definition) is 4. The van der Waals surface area contributed by atoms with Gasteiger partial charge in [0.2, 0.25) is 5.91 Å². The first-order valence-corrected chi connectivity index (χ1v) is 6.62. The summed E-state index contributed by atoms with van der Waals surface area (Å²) in [4.78, 5) is 25.2. The molecule has 0 heterocycles. The van der Waals surface area contributed by atoms with Gasteiger partial charge in [-0.1, -0.05) is 0 Å². The molecule has 19 heavy (non-hydrogen) atoms. The van der Waals surface area contributed by atoms with Gasteiger partial charge in [-0.25, -0.2) is 4.79 Å². The number of aliphatic hydroxyl groups is 1. The van der Waals surface area contributed by atoms with Gasteiger partial charge in [0.25, 0.3) is 0 Å². The third kappa shape index (κ3) is 9.44. The quantitative estimate of drug-likeness (QED) is 0.665. The Labute approximate surface area is 115 Å². The summed E-state index contributed by atoms with van der Waals surface area (Å²) in [6.45, 7) is 10.4. The maximum Gasteiger partial charge on any atom is 0.321 e. The second kappa shape index (κ2) is 8.12. The fraction of sp³-hybridized carbons (Fsp3) is 0.846. The summed E-state index contributed by atoms with van der Waals surface area (Å²) in [7, 11) is 0. The van der Waals surface area contributed by atoms with E-state index in [9.17, 15) is 9.59 Å². The molecule has 3 amide bonds. The Hall–Kier alpha value is -1.14. The first-order chi connectivity index (χ1) is 8.65. The van der Waals surface area contributed by atoms with Crippen LogP contribution in [0.5, 0.6) is 0 Å². The van der Waals surface area contributed by atoms with Crippen molar-refractivity contribution in [3.05, 3.63) is 0 Å². The average Bonchev–Trinajstić information content (AvgIpc) is 2.20. The standard InChI is InChI=1S/C13H27N3O3/c1-10(2)16(7-6-8-17)9-11(18)14-12(19)15-13(3,4)5/h10,17H,6-9H2,1-5H3,(H2,14,15,18,19). The molecular weight excluding hydrogens is 246 g/mol. The lowest BCUT2D eigenvalue weighted by Gasteiger charge is -2.26. The molecule has 0 rings (SSSR count). The van der Waals surface area contributed by atoms with Crippen LogP contribution in [0.1, 0.15) is 41.0 Å². The van der Waals surface area contributed by atoms with Crippen LogP contribution in [-0.4, -0.2) is 53.2 Å². The van der Waals surface area contributed by atoms with E-state index in [1.165, 1.54) is 0 Å². The summed E-state index contributed by atoms with van der Waals surface area (Å²) in [5, 5.41) is 13.8. The van der Waals surface area contributed by atoms with Crippen molar-refractivity contribution in [1.29, 1.82) is 0 Å². The average molecular weight is 273 g/mol. The highest BCUT2D eigenvalue weighted by molar-refractivity contribution is 5.95. The van der Waals surface area contributed by atoms with Crippen molar-refractivity contribution in [3.8, 4) is 0 Å². The van der Waals surface area contributed by atoms with Crippen LogP contribution >= 0.6 is 0 Å². The fourth-order valence-corrected chi connectivity index (χ4v) is 1.52. The number of imide groups is 1. The van der Waals surface area contributed by atoms with E-state index in [1.54, 1.807) is 0 Å². The smallest absolute Gasteiger partial charge is 0.321 e. The van der Waals surface area contributed by atoms with Gasteiger partial charge in [0.15, 0.2) is 0 Å². The third-order valence-corrected chi connectivity index (χ3v) is 2.42. The first-order valence-electron chi connectivity index (χ1n) is 6.62. The molecule has 0 bridgehead atoms. The van der Waals surface area contributed by atoms with Gasteiger partial charge in [0.05, 0.1) is 6.54 Å². The van der Waals surface area contributed by atoms with Crippen LogP contribution < -0.4 is 10.6 Å². The van der Waals surface area contributed by atoms with Crippen LogP contribution in [0.2, 0.25) is 0 Å². The second-order valence-electron chi connectivity index (χ2n) is 5.89. The predicted octanol–water partition coefficient (Wildman–Crippen LogP) is 0.704. The highest BCUT2D eigenvalue weighted by Crippen LogP contribution is 2.00. The summed E-state index contributed by atoms with van der Waals surface area (Å²) >= 11 is 0. The number of nitrogens with zero attached hydrogens (tertiary/aromatic N) is 1. The van der Waals surface area contributed by atoms with E-state index in [-0.39, 0.29) is 30.6 Å². The fourth-order valence-electron chi connectivity index (χ4n) is 1.52. The first kappa shape index (κ1) is 17.9. The molecule has 0 aromatic heterocycles. The molecule has 0 unspecified atom stereocenters. The highest BCUT2D eigenvalue weighted by Gasteiger charge is 2.18. The Morgan fingerprint density at radius 3 is 2.26 bits per heavy atom. The number of carbonyl (C=O) groups excluding carboxylic acids is 2. The van der Waals surface area contributed by atoms with Crippen molar-refractivity contribution in [3.63, 3.8) is 0 Å². The minimum Gasteiger partial charge on any atom is -0.396 e. The Bertz CT molecular complexity index is 298. The van der Waals surface area contributed by atoms with Gasteiger partial charge >= 0.3 is 6.03 Å². The predicted molar refractivity (Wildman–Crippen MR) is 74.8 cm³/mol. The Balaban J connectivity index is 4.22. The molecule has 6 heteroatoms. The van der Waals surface area contributed by atoms with Gasteiger partial charge in [-0.3, -0.25) is 15.0 Å². The Kier molecular flexibility index (Phi) is 7.63. The molecule has 0 fully saturated rings. The van der Waals surface area contributed by atoms with Gasteiger partial charge < -0.3 is 10.4 Å². The minimum atomic E-state index is -0.483. The summed E-state index contributed by atoms with van der Waals surface area (Å²) in [5.74, 6) is -0.339. The number of aliphatic hydroxyl groups excluding tert-OH is 1. The molecule has 0 aliphatic rings. The normalized spacial score (nSPS) is 11.8. The van der Waals surface area contributed by atoms with Crippen molar-refractivity contribution in [1.82, 2.24) is 15.5 Å². The van der Waals surface area contributed by atoms with E-state index in [1.807, 2.05) is 39.5 Å². The molecule has 112 valence electrons. The molecule has 0 aliphatic heterocycles. The summed E-state index contributed by atoms with van der Waals surface area (Å²) in [6, 6.07) is -0.300. The molecule has 0 saturated carbocycles. The summed E-state index contributed by atoms with van der Waals surface area (Å²) in [6.07, 6.45) is 0.611. The molecule has 0 aromatic carbocycles. The lowest BCUT2D eigenvalue weighted by atomic mass is 10.1. The molecular formula is C13H27N3O3. The van der Waals surface area contributed by atoms with E-state index < -0.39 is 6.03 Å². The van der Waals surface area contributed by atoms with E-state index in [4.69, 9.17) is 5.11 Å². The van der Waals surface area contributed by atoms with Gasteiger partial charge in [-0.15, -0.1) is 0 Å². The minimum absolute atomic E-state index is 0.0926. The summed E-state index contributed by atoms with van der Waals surface area (Å²) in [5.41, 5.74) is -0.376. The van der Waals surface area contributed by atoms with E-state index in [0.29, 0.717) is 13.0 Å². The number of urea groups is 1. The van der Waals surface area contributed by atoms with Crippen LogP contribution in [0.25, 0.3) is 0 Å². The van der Waals surface area contributed by atoms with Crippen molar-refractivity contribution < 1.29 is 14.7 Å². The zero-order valence-electron chi connectivity index (χ0n) is 12.6. The SMILES string of the molecule is CC(C)N(CCCO)CC(=O)NC(=O)NC(C)(C)C. The van der Waals surface area contributed by atoms with Crippen LogP contribution in [0.3, 0.4) is 0 Å². The molecule has 0 atom stereocenters. The summed E-state index contributed by atoms with van der Waals surface area (Å²) < 4.78 is 0. The maximum atomic E-state index is 11.7. The second-order valence-corrected chi connectivity index (χ2v) is 5.89. The van der Waals surface area contributed by atoms with Crippen LogP contribution in [-0.2, 0) is 4.79 Å². The molecule has 0 aromatic rings. The highest BCUT2D eigenvalue weighted by atomic mass is 16.3. The number of rotatable bonds is 6. The van der Waals surface area contributed by atoms with E-state index in [2.05, 4.69) is 10.6 Å². The zero-order chi connectivity index (χ0) is 15.1. The van der Waals surface area contributed by atoms with Crippen molar-refractivity contribution in [2.75, 3.05) is 19.7 Å². The van der Waals surface area contributed by atoms with Gasteiger partial charge in [-0.2, -0.15) is 0 Å². The van der Waals surface area contributed by atoms with Gasteiger partial charge in [-0.05, 0) is 41.0 Å². The maximum absolute atomic E-state index is 11.7. The van der Waals surface area contributed by atoms with Crippen molar-refractivity contribution >= 4 is 11.9 Å². The van der Waals surface area contributed by atoms with Crippen LogP contribution in [0.15, 0.2) is 0 Å². The van der Waals surface area contributed by atoms with Crippen molar-refractivity contribution in [2.45, 2.75) is 52.6 Å². The van der Waals surface area contributed by atoms with E-state index in [0.717, 1.165) is 0 Å². The van der Waals surface area contributed by atoms with Crippen LogP contribution in [0, 0.1) is 0 Å². The molecule has 0 radical (unpaired) electrons. The number of hydrogen-bond donors (Lipinski definition) is 3. The van der Waals surface area contributed by atoms with Crippen molar-refractivity contribution in [2.24, 2.45) is 0 Å². The molecule has 0 saturated heterocycles. The molecule has 6 nitrogen and oxygen atoms in total. The molecule has 3 N–H and O–H groups in total.